The fourth-order valence-corrected chi connectivity index (χ4v) is 2.75. The van der Waals surface area contributed by atoms with Gasteiger partial charge in [0.25, 0.3) is 5.91 Å². The molecule has 3 rings (SSSR count). The summed E-state index contributed by atoms with van der Waals surface area (Å²) in [6.07, 6.45) is 0. The molecule has 3 aromatic carbocycles. The molecule has 0 aliphatic rings. The van der Waals surface area contributed by atoms with Crippen LogP contribution in [-0.2, 0) is 6.61 Å². The maximum absolute atomic E-state index is 12.4. The molecule has 0 bridgehead atoms. The quantitative estimate of drug-likeness (QED) is 0.614. The van der Waals surface area contributed by atoms with Crippen molar-refractivity contribution >= 4 is 23.2 Å². The Balaban J connectivity index is 1.64. The molecule has 0 radical (unpaired) electrons. The van der Waals surface area contributed by atoms with Crippen LogP contribution in [-0.4, -0.2) is 13.0 Å². The van der Waals surface area contributed by atoms with Crippen molar-refractivity contribution in [1.29, 1.82) is 0 Å². The number of benzene rings is 3. The molecule has 0 aliphatic carbocycles. The summed E-state index contributed by atoms with van der Waals surface area (Å²) in [5.41, 5.74) is 3.18. The molecule has 0 saturated carbocycles. The molecule has 3 aromatic rings. The Hall–Kier alpha value is -2.98. The highest BCUT2D eigenvalue weighted by atomic mass is 35.5. The van der Waals surface area contributed by atoms with E-state index in [2.05, 4.69) is 5.32 Å². The van der Waals surface area contributed by atoms with Gasteiger partial charge in [-0.15, -0.1) is 0 Å². The number of rotatable bonds is 6. The molecule has 0 saturated heterocycles. The van der Waals surface area contributed by atoms with Crippen LogP contribution in [0.15, 0.2) is 66.7 Å². The van der Waals surface area contributed by atoms with E-state index in [1.807, 2.05) is 49.4 Å². The first kappa shape index (κ1) is 18.8. The van der Waals surface area contributed by atoms with Crippen molar-refractivity contribution in [2.75, 3.05) is 12.4 Å². The molecule has 1 amide bonds. The molecule has 0 aliphatic heterocycles. The second-order valence-corrected chi connectivity index (χ2v) is 6.49. The Morgan fingerprint density at radius 1 is 1.00 bits per heavy atom. The summed E-state index contributed by atoms with van der Waals surface area (Å²) in [5.74, 6) is 1.18. The second-order valence-electron chi connectivity index (χ2n) is 6.05. The molecule has 1 N–H and O–H groups in total. The van der Waals surface area contributed by atoms with Crippen LogP contribution in [0.4, 0.5) is 5.69 Å². The van der Waals surface area contributed by atoms with Crippen molar-refractivity contribution in [2.24, 2.45) is 0 Å². The summed E-state index contributed by atoms with van der Waals surface area (Å²) < 4.78 is 11.1. The van der Waals surface area contributed by atoms with E-state index in [0.717, 1.165) is 11.1 Å². The maximum Gasteiger partial charge on any atom is 0.255 e. The SMILES string of the molecule is COc1ccccc1OCc1ccc(C(=O)Nc2cc(Cl)ccc2C)cc1. The molecule has 4 nitrogen and oxygen atoms in total. The van der Waals surface area contributed by atoms with Crippen LogP contribution < -0.4 is 14.8 Å². The molecular weight excluding hydrogens is 362 g/mol. The van der Waals surface area contributed by atoms with Gasteiger partial charge in [-0.3, -0.25) is 4.79 Å². The minimum absolute atomic E-state index is 0.183. The number of halogens is 1. The third-order valence-corrected chi connectivity index (χ3v) is 4.36. The number of hydrogen-bond acceptors (Lipinski definition) is 3. The number of anilines is 1. The molecule has 5 heteroatoms. The monoisotopic (exact) mass is 381 g/mol. The lowest BCUT2D eigenvalue weighted by Gasteiger charge is -2.11. The van der Waals surface area contributed by atoms with Crippen LogP contribution in [0.5, 0.6) is 11.5 Å². The summed E-state index contributed by atoms with van der Waals surface area (Å²) in [4.78, 5) is 12.4. The largest absolute Gasteiger partial charge is 0.493 e. The number of ether oxygens (including phenoxy) is 2. The van der Waals surface area contributed by atoms with Crippen molar-refractivity contribution < 1.29 is 14.3 Å². The molecule has 0 aromatic heterocycles. The van der Waals surface area contributed by atoms with E-state index in [9.17, 15) is 4.79 Å². The van der Waals surface area contributed by atoms with Crippen molar-refractivity contribution in [3.8, 4) is 11.5 Å². The van der Waals surface area contributed by atoms with Crippen LogP contribution >= 0.6 is 11.6 Å². The molecule has 0 atom stereocenters. The van der Waals surface area contributed by atoms with Crippen LogP contribution in [0.2, 0.25) is 5.02 Å². The van der Waals surface area contributed by atoms with Crippen molar-refractivity contribution in [3.63, 3.8) is 0 Å². The molecule has 138 valence electrons. The van der Waals surface area contributed by atoms with Gasteiger partial charge < -0.3 is 14.8 Å². The minimum Gasteiger partial charge on any atom is -0.493 e. The average molecular weight is 382 g/mol. The van der Waals surface area contributed by atoms with Gasteiger partial charge in [0.2, 0.25) is 0 Å². The number of para-hydroxylation sites is 2. The van der Waals surface area contributed by atoms with E-state index >= 15 is 0 Å². The number of carbonyl (C=O) groups is 1. The molecule has 0 unspecified atom stereocenters. The van der Waals surface area contributed by atoms with Gasteiger partial charge in [-0.25, -0.2) is 0 Å². The van der Waals surface area contributed by atoms with Crippen molar-refractivity contribution in [1.82, 2.24) is 0 Å². The Bertz CT molecular complexity index is 939. The summed E-state index contributed by atoms with van der Waals surface area (Å²) in [7, 11) is 1.61. The van der Waals surface area contributed by atoms with Crippen LogP contribution in [0.25, 0.3) is 0 Å². The van der Waals surface area contributed by atoms with Gasteiger partial charge in [-0.2, -0.15) is 0 Å². The number of aryl methyl sites for hydroxylation is 1. The fraction of sp³-hybridized carbons (Fsp3) is 0.136. The molecule has 27 heavy (non-hydrogen) atoms. The number of hydrogen-bond donors (Lipinski definition) is 1. The van der Waals surface area contributed by atoms with Gasteiger partial charge in [0, 0.05) is 16.3 Å². The number of methoxy groups -OCH3 is 1. The zero-order chi connectivity index (χ0) is 19.2. The lowest BCUT2D eigenvalue weighted by molar-refractivity contribution is 0.102. The van der Waals surface area contributed by atoms with Crippen LogP contribution in [0.1, 0.15) is 21.5 Å². The Labute approximate surface area is 163 Å². The predicted octanol–water partition coefficient (Wildman–Crippen LogP) is 5.49. The normalized spacial score (nSPS) is 10.3. The van der Waals surface area contributed by atoms with E-state index in [1.54, 1.807) is 31.4 Å². The van der Waals surface area contributed by atoms with Gasteiger partial charge in [0.15, 0.2) is 11.5 Å². The van der Waals surface area contributed by atoms with Gasteiger partial charge in [-0.1, -0.05) is 41.9 Å². The van der Waals surface area contributed by atoms with Gasteiger partial charge in [-0.05, 0) is 54.4 Å². The topological polar surface area (TPSA) is 47.6 Å². The summed E-state index contributed by atoms with van der Waals surface area (Å²) >= 11 is 6.00. The summed E-state index contributed by atoms with van der Waals surface area (Å²) in [5, 5.41) is 3.47. The molecule has 0 heterocycles. The summed E-state index contributed by atoms with van der Waals surface area (Å²) in [6, 6.07) is 20.2. The molecule has 0 spiro atoms. The molecular formula is C22H20ClNO3. The lowest BCUT2D eigenvalue weighted by atomic mass is 10.1. The zero-order valence-electron chi connectivity index (χ0n) is 15.2. The number of carbonyl (C=O) groups excluding carboxylic acids is 1. The van der Waals surface area contributed by atoms with E-state index in [1.165, 1.54) is 0 Å². The Morgan fingerprint density at radius 3 is 2.41 bits per heavy atom. The first-order valence-electron chi connectivity index (χ1n) is 8.49. The third kappa shape index (κ3) is 4.80. The predicted molar refractivity (Wildman–Crippen MR) is 108 cm³/mol. The lowest BCUT2D eigenvalue weighted by Crippen LogP contribution is -2.12. The fourth-order valence-electron chi connectivity index (χ4n) is 2.57. The number of amides is 1. The van der Waals surface area contributed by atoms with Gasteiger partial charge in [0.05, 0.1) is 7.11 Å². The van der Waals surface area contributed by atoms with Crippen LogP contribution in [0, 0.1) is 6.92 Å². The van der Waals surface area contributed by atoms with E-state index in [0.29, 0.717) is 34.4 Å². The van der Waals surface area contributed by atoms with E-state index in [4.69, 9.17) is 21.1 Å². The average Bonchev–Trinajstić information content (AvgIpc) is 2.69. The van der Waals surface area contributed by atoms with Crippen molar-refractivity contribution in [2.45, 2.75) is 13.5 Å². The third-order valence-electron chi connectivity index (χ3n) is 4.13. The highest BCUT2D eigenvalue weighted by Gasteiger charge is 2.09. The first-order valence-corrected chi connectivity index (χ1v) is 8.87. The maximum atomic E-state index is 12.4. The van der Waals surface area contributed by atoms with E-state index < -0.39 is 0 Å². The number of nitrogens with one attached hydrogen (secondary N) is 1. The van der Waals surface area contributed by atoms with Crippen molar-refractivity contribution in [3.05, 3.63) is 88.4 Å². The Morgan fingerprint density at radius 2 is 1.70 bits per heavy atom. The first-order chi connectivity index (χ1) is 13.1. The highest BCUT2D eigenvalue weighted by Crippen LogP contribution is 2.26. The molecule has 0 fully saturated rings. The van der Waals surface area contributed by atoms with E-state index in [-0.39, 0.29) is 5.91 Å². The highest BCUT2D eigenvalue weighted by molar-refractivity contribution is 6.31. The van der Waals surface area contributed by atoms with Gasteiger partial charge in [0.1, 0.15) is 6.61 Å². The van der Waals surface area contributed by atoms with Crippen LogP contribution in [0.3, 0.4) is 0 Å². The summed E-state index contributed by atoms with van der Waals surface area (Å²) in [6.45, 7) is 2.31. The standard InChI is InChI=1S/C22H20ClNO3/c1-15-7-12-18(23)13-19(15)24-22(25)17-10-8-16(9-11-17)14-27-21-6-4-3-5-20(21)26-2/h3-13H,14H2,1-2H3,(H,24,25). The minimum atomic E-state index is -0.183. The smallest absolute Gasteiger partial charge is 0.255 e. The zero-order valence-corrected chi connectivity index (χ0v) is 15.9. The second kappa shape index (κ2) is 8.60. The Kier molecular flexibility index (Phi) is 5.99. The van der Waals surface area contributed by atoms with Gasteiger partial charge >= 0.3 is 0 Å².